The van der Waals surface area contributed by atoms with Crippen LogP contribution in [0.1, 0.15) is 39.5 Å². The minimum absolute atomic E-state index is 0.0794. The molecular weight excluding hydrogens is 212 g/mol. The van der Waals surface area contributed by atoms with E-state index in [1.54, 1.807) is 0 Å². The molecule has 0 unspecified atom stereocenters. The highest BCUT2D eigenvalue weighted by Crippen LogP contribution is 2.38. The zero-order valence-electron chi connectivity index (χ0n) is 9.82. The Morgan fingerprint density at radius 1 is 1.20 bits per heavy atom. The first-order valence-electron chi connectivity index (χ1n) is 5.42. The van der Waals surface area contributed by atoms with Gasteiger partial charge in [-0.3, -0.25) is 4.18 Å². The van der Waals surface area contributed by atoms with Crippen molar-refractivity contribution in [3.63, 3.8) is 0 Å². The zero-order valence-corrected chi connectivity index (χ0v) is 10.6. The first-order valence-corrected chi connectivity index (χ1v) is 7.24. The molecule has 0 aromatic rings. The Morgan fingerprint density at radius 3 is 2.00 bits per heavy atom. The molecule has 3 nitrogen and oxygen atoms in total. The van der Waals surface area contributed by atoms with Crippen molar-refractivity contribution in [1.29, 1.82) is 0 Å². The molecule has 1 saturated carbocycles. The van der Waals surface area contributed by atoms with Crippen LogP contribution in [0, 0.1) is 18.3 Å². The molecule has 1 aliphatic carbocycles. The Hall–Kier alpha value is -0.220. The zero-order chi connectivity index (χ0) is 11.7. The van der Waals surface area contributed by atoms with Crippen molar-refractivity contribution < 1.29 is 12.6 Å². The lowest BCUT2D eigenvalue weighted by molar-refractivity contribution is 0.103. The lowest BCUT2D eigenvalue weighted by Crippen LogP contribution is -2.30. The number of hydrogen-bond acceptors (Lipinski definition) is 3. The summed E-state index contributed by atoms with van der Waals surface area (Å²) >= 11 is 0. The summed E-state index contributed by atoms with van der Waals surface area (Å²) in [5, 5.41) is 0. The van der Waals surface area contributed by atoms with Crippen molar-refractivity contribution in [3.8, 4) is 0 Å². The molecule has 1 aliphatic rings. The van der Waals surface area contributed by atoms with Gasteiger partial charge in [-0.1, -0.05) is 0 Å². The van der Waals surface area contributed by atoms with Crippen LogP contribution in [0.25, 0.3) is 0 Å². The molecule has 0 atom stereocenters. The highest BCUT2D eigenvalue weighted by Gasteiger charge is 2.35. The number of hydrogen-bond donors (Lipinski definition) is 0. The van der Waals surface area contributed by atoms with Gasteiger partial charge in [0.15, 0.2) is 0 Å². The van der Waals surface area contributed by atoms with Crippen molar-refractivity contribution in [2.45, 2.75) is 45.6 Å². The molecule has 0 amide bonds. The maximum Gasteiger partial charge on any atom is 0.264 e. The van der Waals surface area contributed by atoms with Gasteiger partial charge in [0, 0.05) is 5.92 Å². The van der Waals surface area contributed by atoms with Gasteiger partial charge in [0.2, 0.25) is 0 Å². The summed E-state index contributed by atoms with van der Waals surface area (Å²) < 4.78 is 26.9. The minimum atomic E-state index is -3.29. The van der Waals surface area contributed by atoms with Crippen LogP contribution in [-0.2, 0) is 14.3 Å². The smallest absolute Gasteiger partial charge is 0.264 e. The maximum atomic E-state index is 10.9. The number of rotatable bonds is 3. The Labute approximate surface area is 93.3 Å². The molecule has 0 aromatic carbocycles. The summed E-state index contributed by atoms with van der Waals surface area (Å²) in [5.74, 6) is 0.580. The van der Waals surface area contributed by atoms with Crippen LogP contribution in [0.2, 0.25) is 0 Å². The van der Waals surface area contributed by atoms with Crippen molar-refractivity contribution >= 4 is 10.1 Å². The monoisotopic (exact) mass is 233 g/mol. The summed E-state index contributed by atoms with van der Waals surface area (Å²) in [5.41, 5.74) is 0.0794. The predicted molar refractivity (Wildman–Crippen MR) is 60.8 cm³/mol. The van der Waals surface area contributed by atoms with Crippen molar-refractivity contribution in [2.75, 3.05) is 6.26 Å². The van der Waals surface area contributed by atoms with Crippen LogP contribution in [0.5, 0.6) is 0 Å². The second kappa shape index (κ2) is 4.34. The quantitative estimate of drug-likeness (QED) is 0.555. The molecule has 0 N–H and O–H groups in total. The largest absolute Gasteiger partial charge is 0.267 e. The molecule has 0 saturated heterocycles. The van der Waals surface area contributed by atoms with E-state index >= 15 is 0 Å². The van der Waals surface area contributed by atoms with Gasteiger partial charge in [0.25, 0.3) is 10.1 Å². The van der Waals surface area contributed by atoms with Gasteiger partial charge in [-0.25, -0.2) is 0 Å². The van der Waals surface area contributed by atoms with Gasteiger partial charge >= 0.3 is 0 Å². The topological polar surface area (TPSA) is 43.4 Å². The van der Waals surface area contributed by atoms with Gasteiger partial charge < -0.3 is 0 Å². The first kappa shape index (κ1) is 12.8. The highest BCUT2D eigenvalue weighted by molar-refractivity contribution is 7.86. The highest BCUT2D eigenvalue weighted by atomic mass is 32.2. The molecule has 88 valence electrons. The fourth-order valence-corrected chi connectivity index (χ4v) is 2.87. The second-order valence-corrected chi connectivity index (χ2v) is 6.86. The molecule has 1 fully saturated rings. The first-order chi connectivity index (χ1) is 6.68. The molecular formula is C11H21O3S+. The Balaban J connectivity index is 2.43. The van der Waals surface area contributed by atoms with Gasteiger partial charge in [0.05, 0.1) is 19.3 Å². The van der Waals surface area contributed by atoms with E-state index in [0.717, 1.165) is 31.9 Å². The molecule has 0 bridgehead atoms. The lowest BCUT2D eigenvalue weighted by Gasteiger charge is -2.32. The predicted octanol–water partition coefficient (Wildman–Crippen LogP) is 2.38. The maximum absolute atomic E-state index is 10.9. The van der Waals surface area contributed by atoms with E-state index in [4.69, 9.17) is 4.18 Å². The van der Waals surface area contributed by atoms with E-state index in [0.29, 0.717) is 5.92 Å². The van der Waals surface area contributed by atoms with Crippen LogP contribution in [0.15, 0.2) is 0 Å². The molecule has 0 aliphatic heterocycles. The Kier molecular flexibility index (Phi) is 3.71. The normalized spacial score (nSPS) is 29.0. The molecule has 0 heterocycles. The summed E-state index contributed by atoms with van der Waals surface area (Å²) in [6, 6.07) is 0. The van der Waals surface area contributed by atoms with E-state index in [1.807, 2.05) is 0 Å². The van der Waals surface area contributed by atoms with Crippen LogP contribution in [0.3, 0.4) is 0 Å². The van der Waals surface area contributed by atoms with Gasteiger partial charge in [-0.15, -0.1) is 0 Å². The summed E-state index contributed by atoms with van der Waals surface area (Å²) in [7, 11) is -3.29. The van der Waals surface area contributed by atoms with Crippen molar-refractivity contribution in [2.24, 2.45) is 11.3 Å². The fourth-order valence-electron chi connectivity index (χ4n) is 2.19. The lowest BCUT2D eigenvalue weighted by atomic mass is 9.72. The van der Waals surface area contributed by atoms with E-state index in [1.165, 1.54) is 0 Å². The fraction of sp³-hybridized carbons (Fsp3) is 0.909. The average Bonchev–Trinajstić information content (AvgIpc) is 2.00. The van der Waals surface area contributed by atoms with E-state index in [2.05, 4.69) is 20.8 Å². The Morgan fingerprint density at radius 2 is 1.67 bits per heavy atom. The molecule has 0 spiro atoms. The summed E-state index contributed by atoms with van der Waals surface area (Å²) in [6.45, 7) is 8.40. The van der Waals surface area contributed by atoms with E-state index in [9.17, 15) is 8.42 Å². The standard InChI is InChI=1S/C11H21O3S/c1-11(2,3)9-5-7-10(8-6-9)14-15(4,12)13/h9-10H,1,5-8H2,2-4H3/q+1. The third kappa shape index (κ3) is 4.43. The second-order valence-electron chi connectivity index (χ2n) is 5.26. The SMILES string of the molecule is [CH2+]C(C)(C)C1CCC(OS(C)(=O)=O)CC1. The minimum Gasteiger partial charge on any atom is -0.267 e. The summed E-state index contributed by atoms with van der Waals surface area (Å²) in [6.07, 6.45) is 4.68. The molecule has 15 heavy (non-hydrogen) atoms. The van der Waals surface area contributed by atoms with Crippen LogP contribution >= 0.6 is 0 Å². The van der Waals surface area contributed by atoms with Crippen molar-refractivity contribution in [1.82, 2.24) is 0 Å². The van der Waals surface area contributed by atoms with Gasteiger partial charge in [-0.2, -0.15) is 8.42 Å². The van der Waals surface area contributed by atoms with E-state index < -0.39 is 10.1 Å². The van der Waals surface area contributed by atoms with Crippen LogP contribution < -0.4 is 0 Å². The molecule has 0 aromatic heterocycles. The van der Waals surface area contributed by atoms with Gasteiger partial charge in [0.1, 0.15) is 5.41 Å². The molecule has 4 heteroatoms. The third-order valence-electron chi connectivity index (χ3n) is 3.09. The third-order valence-corrected chi connectivity index (χ3v) is 3.71. The van der Waals surface area contributed by atoms with E-state index in [-0.39, 0.29) is 11.5 Å². The van der Waals surface area contributed by atoms with Crippen molar-refractivity contribution in [3.05, 3.63) is 6.92 Å². The summed E-state index contributed by atoms with van der Waals surface area (Å²) in [4.78, 5) is 0. The Bertz CT molecular complexity index is 292. The van der Waals surface area contributed by atoms with Crippen LogP contribution in [-0.4, -0.2) is 20.8 Å². The van der Waals surface area contributed by atoms with Crippen LogP contribution in [0.4, 0.5) is 0 Å². The molecule has 0 radical (unpaired) electrons. The average molecular weight is 233 g/mol. The molecule has 1 rings (SSSR count). The van der Waals surface area contributed by atoms with Gasteiger partial charge in [-0.05, 0) is 39.5 Å².